The number of amides is 2. The summed E-state index contributed by atoms with van der Waals surface area (Å²) in [7, 11) is 0. The zero-order valence-electron chi connectivity index (χ0n) is 12.2. The third kappa shape index (κ3) is 7.46. The summed E-state index contributed by atoms with van der Waals surface area (Å²) in [5.74, 6) is -0.798. The molecule has 0 aliphatic carbocycles. The van der Waals surface area contributed by atoms with Crippen molar-refractivity contribution in [3.63, 3.8) is 0 Å². The van der Waals surface area contributed by atoms with E-state index >= 15 is 0 Å². The van der Waals surface area contributed by atoms with E-state index in [0.29, 0.717) is 5.75 Å². The molecule has 0 fully saturated rings. The fourth-order valence-electron chi connectivity index (χ4n) is 1.32. The SMILES string of the molecule is CC(=O)NNC(=O)COC(=O)[C@H](C)SCc1ccc(Br)cc1. The predicted octanol–water partition coefficient (Wildman–Crippen LogP) is 1.78. The van der Waals surface area contributed by atoms with E-state index in [1.807, 2.05) is 24.3 Å². The molecule has 0 radical (unpaired) electrons. The van der Waals surface area contributed by atoms with Crippen LogP contribution in [0.5, 0.6) is 0 Å². The van der Waals surface area contributed by atoms with Gasteiger partial charge >= 0.3 is 5.97 Å². The van der Waals surface area contributed by atoms with Crippen molar-refractivity contribution >= 4 is 45.5 Å². The normalized spacial score (nSPS) is 11.4. The van der Waals surface area contributed by atoms with E-state index < -0.39 is 29.6 Å². The topological polar surface area (TPSA) is 84.5 Å². The molecule has 8 heteroatoms. The largest absolute Gasteiger partial charge is 0.455 e. The van der Waals surface area contributed by atoms with Crippen LogP contribution in [0, 0.1) is 0 Å². The summed E-state index contributed by atoms with van der Waals surface area (Å²) in [6, 6.07) is 7.81. The number of esters is 1. The average molecular weight is 389 g/mol. The molecule has 22 heavy (non-hydrogen) atoms. The van der Waals surface area contributed by atoms with Crippen molar-refractivity contribution in [2.45, 2.75) is 24.9 Å². The summed E-state index contributed by atoms with van der Waals surface area (Å²) in [6.07, 6.45) is 0. The van der Waals surface area contributed by atoms with Crippen LogP contribution in [0.2, 0.25) is 0 Å². The minimum absolute atomic E-state index is 0.391. The Bertz CT molecular complexity index is 536. The summed E-state index contributed by atoms with van der Waals surface area (Å²) in [6.45, 7) is 2.55. The third-order valence-corrected chi connectivity index (χ3v) is 4.19. The number of benzene rings is 1. The van der Waals surface area contributed by atoms with Crippen LogP contribution in [0.1, 0.15) is 19.4 Å². The highest BCUT2D eigenvalue weighted by Gasteiger charge is 2.16. The number of thioether (sulfide) groups is 1. The quantitative estimate of drug-likeness (QED) is 0.573. The molecule has 0 bridgehead atoms. The molecule has 1 atom stereocenters. The minimum atomic E-state index is -0.589. The summed E-state index contributed by atoms with van der Waals surface area (Å²) >= 11 is 4.78. The van der Waals surface area contributed by atoms with E-state index in [1.54, 1.807) is 6.92 Å². The van der Waals surface area contributed by atoms with E-state index in [4.69, 9.17) is 4.74 Å². The first-order valence-corrected chi connectivity index (χ1v) is 8.30. The Labute approximate surface area is 141 Å². The van der Waals surface area contributed by atoms with Gasteiger partial charge in [0.15, 0.2) is 6.61 Å². The van der Waals surface area contributed by atoms with Crippen LogP contribution in [-0.2, 0) is 24.9 Å². The van der Waals surface area contributed by atoms with Gasteiger partial charge in [-0.15, -0.1) is 11.8 Å². The number of hydrogen-bond donors (Lipinski definition) is 2. The molecule has 0 unspecified atom stereocenters. The predicted molar refractivity (Wildman–Crippen MR) is 87.8 cm³/mol. The van der Waals surface area contributed by atoms with Crippen molar-refractivity contribution in [1.29, 1.82) is 0 Å². The van der Waals surface area contributed by atoms with Crippen LogP contribution in [-0.4, -0.2) is 29.6 Å². The van der Waals surface area contributed by atoms with Crippen molar-refractivity contribution in [1.82, 2.24) is 10.9 Å². The Hall–Kier alpha value is -1.54. The standard InChI is InChI=1S/C14H17BrN2O4S/c1-9(22-8-11-3-5-12(15)6-4-11)14(20)21-7-13(19)17-16-10(2)18/h3-6,9H,7-8H2,1-2H3,(H,16,18)(H,17,19)/t9-/m0/s1. The number of rotatable bonds is 6. The Kier molecular flexibility index (Phi) is 7.97. The zero-order valence-corrected chi connectivity index (χ0v) is 14.6. The summed E-state index contributed by atoms with van der Waals surface area (Å²) < 4.78 is 5.87. The molecule has 0 aliphatic heterocycles. The maximum Gasteiger partial charge on any atom is 0.319 e. The van der Waals surface area contributed by atoms with Gasteiger partial charge in [-0.3, -0.25) is 25.2 Å². The maximum atomic E-state index is 11.7. The summed E-state index contributed by atoms with van der Waals surface area (Å²) in [5, 5.41) is -0.391. The van der Waals surface area contributed by atoms with Crippen LogP contribution >= 0.6 is 27.7 Å². The molecule has 1 aromatic rings. The molecule has 2 amide bonds. The van der Waals surface area contributed by atoms with Gasteiger partial charge in [-0.25, -0.2) is 0 Å². The highest BCUT2D eigenvalue weighted by molar-refractivity contribution is 9.10. The molecule has 2 N–H and O–H groups in total. The summed E-state index contributed by atoms with van der Waals surface area (Å²) in [5.41, 5.74) is 5.32. The lowest BCUT2D eigenvalue weighted by atomic mass is 10.2. The molecular formula is C14H17BrN2O4S. The Morgan fingerprint density at radius 2 is 1.86 bits per heavy atom. The first kappa shape index (κ1) is 18.5. The third-order valence-electron chi connectivity index (χ3n) is 2.47. The van der Waals surface area contributed by atoms with Gasteiger partial charge in [0.05, 0.1) is 5.25 Å². The highest BCUT2D eigenvalue weighted by atomic mass is 79.9. The number of carbonyl (C=O) groups excluding carboxylic acids is 3. The number of hydrogen-bond acceptors (Lipinski definition) is 5. The molecule has 6 nitrogen and oxygen atoms in total. The van der Waals surface area contributed by atoms with Crippen LogP contribution in [0.25, 0.3) is 0 Å². The lowest BCUT2D eigenvalue weighted by molar-refractivity contribution is -0.148. The lowest BCUT2D eigenvalue weighted by Gasteiger charge is -2.11. The van der Waals surface area contributed by atoms with Crippen LogP contribution in [0.3, 0.4) is 0 Å². The van der Waals surface area contributed by atoms with Crippen LogP contribution in [0.4, 0.5) is 0 Å². The molecule has 0 saturated heterocycles. The second-order valence-corrected chi connectivity index (χ2v) is 6.66. The van der Waals surface area contributed by atoms with Crippen molar-refractivity contribution < 1.29 is 19.1 Å². The number of hydrazine groups is 1. The smallest absolute Gasteiger partial charge is 0.319 e. The van der Waals surface area contributed by atoms with Crippen molar-refractivity contribution in [3.8, 4) is 0 Å². The molecule has 1 rings (SSSR count). The molecule has 0 aromatic heterocycles. The lowest BCUT2D eigenvalue weighted by Crippen LogP contribution is -2.42. The number of halogens is 1. The van der Waals surface area contributed by atoms with Crippen molar-refractivity contribution in [2.24, 2.45) is 0 Å². The van der Waals surface area contributed by atoms with E-state index in [9.17, 15) is 14.4 Å². The average Bonchev–Trinajstić information content (AvgIpc) is 2.49. The fraction of sp³-hybridized carbons (Fsp3) is 0.357. The van der Waals surface area contributed by atoms with E-state index in [1.165, 1.54) is 18.7 Å². The van der Waals surface area contributed by atoms with Gasteiger partial charge in [0, 0.05) is 17.1 Å². The van der Waals surface area contributed by atoms with Crippen molar-refractivity contribution in [2.75, 3.05) is 6.61 Å². The Morgan fingerprint density at radius 3 is 2.45 bits per heavy atom. The van der Waals surface area contributed by atoms with Gasteiger partial charge in [0.1, 0.15) is 0 Å². The first-order valence-electron chi connectivity index (χ1n) is 6.46. The number of ether oxygens (including phenoxy) is 1. The molecule has 0 spiro atoms. The van der Waals surface area contributed by atoms with Gasteiger partial charge < -0.3 is 4.74 Å². The van der Waals surface area contributed by atoms with Gasteiger partial charge in [-0.2, -0.15) is 0 Å². The second-order valence-electron chi connectivity index (χ2n) is 4.42. The van der Waals surface area contributed by atoms with Crippen LogP contribution in [0.15, 0.2) is 28.7 Å². The van der Waals surface area contributed by atoms with Crippen LogP contribution < -0.4 is 10.9 Å². The monoisotopic (exact) mass is 388 g/mol. The molecule has 0 aliphatic rings. The summed E-state index contributed by atoms with van der Waals surface area (Å²) in [4.78, 5) is 33.6. The first-order chi connectivity index (χ1) is 10.4. The minimum Gasteiger partial charge on any atom is -0.455 e. The number of nitrogens with one attached hydrogen (secondary N) is 2. The molecular weight excluding hydrogens is 372 g/mol. The Balaban J connectivity index is 2.28. The van der Waals surface area contributed by atoms with Gasteiger partial charge in [-0.05, 0) is 24.6 Å². The molecule has 0 saturated carbocycles. The van der Waals surface area contributed by atoms with Gasteiger partial charge in [-0.1, -0.05) is 28.1 Å². The van der Waals surface area contributed by atoms with E-state index in [0.717, 1.165) is 10.0 Å². The molecule has 1 aromatic carbocycles. The molecule has 120 valence electrons. The van der Waals surface area contributed by atoms with E-state index in [2.05, 4.69) is 26.8 Å². The van der Waals surface area contributed by atoms with E-state index in [-0.39, 0.29) is 0 Å². The molecule has 0 heterocycles. The Morgan fingerprint density at radius 1 is 1.23 bits per heavy atom. The second kappa shape index (κ2) is 9.47. The fourth-order valence-corrected chi connectivity index (χ4v) is 2.42. The van der Waals surface area contributed by atoms with Gasteiger partial charge in [0.2, 0.25) is 5.91 Å². The van der Waals surface area contributed by atoms with Gasteiger partial charge in [0.25, 0.3) is 5.91 Å². The maximum absolute atomic E-state index is 11.7. The number of carbonyl (C=O) groups is 3. The van der Waals surface area contributed by atoms with Crippen molar-refractivity contribution in [3.05, 3.63) is 34.3 Å². The highest BCUT2D eigenvalue weighted by Crippen LogP contribution is 2.20. The zero-order chi connectivity index (χ0) is 16.5.